The van der Waals surface area contributed by atoms with Crippen molar-refractivity contribution in [2.75, 3.05) is 26.4 Å². The Morgan fingerprint density at radius 1 is 1.07 bits per heavy atom. The molecule has 0 N–H and O–H groups in total. The van der Waals surface area contributed by atoms with Gasteiger partial charge in [0.05, 0.1) is 5.56 Å². The fourth-order valence-corrected chi connectivity index (χ4v) is 3.05. The molecule has 2 aromatic rings. The van der Waals surface area contributed by atoms with Gasteiger partial charge < -0.3 is 19.1 Å². The van der Waals surface area contributed by atoms with Crippen LogP contribution in [0, 0.1) is 13.8 Å². The Kier molecular flexibility index (Phi) is 6.19. The highest BCUT2D eigenvalue weighted by Crippen LogP contribution is 2.31. The van der Waals surface area contributed by atoms with Crippen molar-refractivity contribution in [3.8, 4) is 11.5 Å². The van der Waals surface area contributed by atoms with Gasteiger partial charge in [0.1, 0.15) is 13.2 Å². The molecule has 0 aromatic heterocycles. The average molecular weight is 383 g/mol. The SMILES string of the molecule is CCN(Cc1ccc2c(c1)OCCO2)C(=O)COC(=O)c1cccc(C)c1C. The second-order valence-electron chi connectivity index (χ2n) is 6.71. The fraction of sp³-hybridized carbons (Fsp3) is 0.364. The number of carbonyl (C=O) groups is 2. The van der Waals surface area contributed by atoms with Crippen LogP contribution >= 0.6 is 0 Å². The number of nitrogens with zero attached hydrogens (tertiary/aromatic N) is 1. The number of amides is 1. The summed E-state index contributed by atoms with van der Waals surface area (Å²) in [5.41, 5.74) is 3.29. The van der Waals surface area contributed by atoms with Crippen molar-refractivity contribution >= 4 is 11.9 Å². The molecular weight excluding hydrogens is 358 g/mol. The summed E-state index contributed by atoms with van der Waals surface area (Å²) >= 11 is 0. The van der Waals surface area contributed by atoms with Crippen LogP contribution in [0.15, 0.2) is 36.4 Å². The first-order valence-electron chi connectivity index (χ1n) is 9.39. The molecule has 1 heterocycles. The number of rotatable bonds is 6. The summed E-state index contributed by atoms with van der Waals surface area (Å²) < 4.78 is 16.4. The maximum Gasteiger partial charge on any atom is 0.338 e. The van der Waals surface area contributed by atoms with Crippen LogP contribution in [0.25, 0.3) is 0 Å². The Bertz CT molecular complexity index is 877. The third kappa shape index (κ3) is 4.44. The van der Waals surface area contributed by atoms with Crippen LogP contribution in [0.2, 0.25) is 0 Å². The summed E-state index contributed by atoms with van der Waals surface area (Å²) in [7, 11) is 0. The third-order valence-electron chi connectivity index (χ3n) is 4.87. The molecule has 0 saturated heterocycles. The zero-order valence-electron chi connectivity index (χ0n) is 16.5. The van der Waals surface area contributed by atoms with Gasteiger partial charge in [0, 0.05) is 13.1 Å². The number of benzene rings is 2. The van der Waals surface area contributed by atoms with Crippen LogP contribution in [-0.4, -0.2) is 43.1 Å². The van der Waals surface area contributed by atoms with E-state index in [2.05, 4.69) is 0 Å². The van der Waals surface area contributed by atoms with E-state index in [9.17, 15) is 9.59 Å². The lowest BCUT2D eigenvalue weighted by Gasteiger charge is -2.23. The van der Waals surface area contributed by atoms with E-state index in [0.717, 1.165) is 16.7 Å². The highest BCUT2D eigenvalue weighted by Gasteiger charge is 2.18. The molecule has 6 nitrogen and oxygen atoms in total. The first-order valence-corrected chi connectivity index (χ1v) is 9.39. The van der Waals surface area contributed by atoms with E-state index in [1.807, 2.05) is 45.0 Å². The Morgan fingerprint density at radius 3 is 2.57 bits per heavy atom. The van der Waals surface area contributed by atoms with Crippen LogP contribution < -0.4 is 9.47 Å². The van der Waals surface area contributed by atoms with Gasteiger partial charge in [-0.2, -0.15) is 0 Å². The van der Waals surface area contributed by atoms with Crippen molar-refractivity contribution < 1.29 is 23.8 Å². The standard InChI is InChI=1S/C22H25NO5/c1-4-23(13-17-8-9-19-20(12-17)27-11-10-26-19)21(24)14-28-22(25)18-7-5-6-15(2)16(18)3/h5-9,12H,4,10-11,13-14H2,1-3H3. The molecule has 1 amide bonds. The summed E-state index contributed by atoms with van der Waals surface area (Å²) in [5.74, 6) is 0.682. The van der Waals surface area contributed by atoms with E-state index in [-0.39, 0.29) is 12.5 Å². The normalized spacial score (nSPS) is 12.4. The zero-order valence-corrected chi connectivity index (χ0v) is 16.5. The van der Waals surface area contributed by atoms with E-state index in [4.69, 9.17) is 14.2 Å². The Hall–Kier alpha value is -3.02. The van der Waals surface area contributed by atoms with Crippen LogP contribution in [0.1, 0.15) is 34.0 Å². The molecule has 0 bridgehead atoms. The minimum absolute atomic E-state index is 0.240. The zero-order chi connectivity index (χ0) is 20.1. The summed E-state index contributed by atoms with van der Waals surface area (Å²) in [6.07, 6.45) is 0. The predicted octanol–water partition coefficient (Wildman–Crippen LogP) is 3.28. The minimum Gasteiger partial charge on any atom is -0.486 e. The maximum atomic E-state index is 12.5. The summed E-state index contributed by atoms with van der Waals surface area (Å²) in [6.45, 7) is 7.38. The fourth-order valence-electron chi connectivity index (χ4n) is 3.05. The largest absolute Gasteiger partial charge is 0.486 e. The highest BCUT2D eigenvalue weighted by atomic mass is 16.6. The van der Waals surface area contributed by atoms with Crippen molar-refractivity contribution in [2.45, 2.75) is 27.3 Å². The molecule has 3 rings (SSSR count). The van der Waals surface area contributed by atoms with Gasteiger partial charge >= 0.3 is 5.97 Å². The molecule has 6 heteroatoms. The Balaban J connectivity index is 1.60. The second kappa shape index (κ2) is 8.78. The average Bonchev–Trinajstić information content (AvgIpc) is 2.71. The van der Waals surface area contributed by atoms with Crippen LogP contribution in [0.4, 0.5) is 0 Å². The summed E-state index contributed by atoms with van der Waals surface area (Å²) in [5, 5.41) is 0. The second-order valence-corrected chi connectivity index (χ2v) is 6.71. The number of esters is 1. The molecule has 0 saturated carbocycles. The molecule has 28 heavy (non-hydrogen) atoms. The molecule has 0 atom stereocenters. The van der Waals surface area contributed by atoms with Gasteiger partial charge in [-0.25, -0.2) is 4.79 Å². The molecule has 0 aliphatic carbocycles. The van der Waals surface area contributed by atoms with Gasteiger partial charge in [0.15, 0.2) is 18.1 Å². The number of fused-ring (bicyclic) bond motifs is 1. The molecule has 0 spiro atoms. The van der Waals surface area contributed by atoms with Crippen LogP contribution in [0.3, 0.4) is 0 Å². The topological polar surface area (TPSA) is 65.1 Å². The van der Waals surface area contributed by atoms with Crippen molar-refractivity contribution in [3.05, 3.63) is 58.7 Å². The molecule has 148 valence electrons. The van der Waals surface area contributed by atoms with Gasteiger partial charge in [0.2, 0.25) is 0 Å². The minimum atomic E-state index is -0.482. The number of carbonyl (C=O) groups excluding carboxylic acids is 2. The van der Waals surface area contributed by atoms with E-state index < -0.39 is 5.97 Å². The molecule has 0 unspecified atom stereocenters. The monoisotopic (exact) mass is 383 g/mol. The van der Waals surface area contributed by atoms with Gasteiger partial charge in [-0.15, -0.1) is 0 Å². The number of ether oxygens (including phenoxy) is 3. The quantitative estimate of drug-likeness (QED) is 0.717. The van der Waals surface area contributed by atoms with Crippen molar-refractivity contribution in [2.24, 2.45) is 0 Å². The van der Waals surface area contributed by atoms with E-state index in [0.29, 0.717) is 43.4 Å². The Morgan fingerprint density at radius 2 is 1.82 bits per heavy atom. The predicted molar refractivity (Wildman–Crippen MR) is 105 cm³/mol. The molecule has 1 aliphatic heterocycles. The smallest absolute Gasteiger partial charge is 0.338 e. The van der Waals surface area contributed by atoms with Crippen molar-refractivity contribution in [1.82, 2.24) is 4.90 Å². The first-order chi connectivity index (χ1) is 13.5. The van der Waals surface area contributed by atoms with Gasteiger partial charge in [-0.05, 0) is 55.7 Å². The lowest BCUT2D eigenvalue weighted by molar-refractivity contribution is -0.134. The van der Waals surface area contributed by atoms with Gasteiger partial charge in [0.25, 0.3) is 5.91 Å². The van der Waals surface area contributed by atoms with E-state index in [1.54, 1.807) is 17.0 Å². The third-order valence-corrected chi connectivity index (χ3v) is 4.87. The number of hydrogen-bond acceptors (Lipinski definition) is 5. The molecule has 2 aromatic carbocycles. The molecular formula is C22H25NO5. The summed E-state index contributed by atoms with van der Waals surface area (Å²) in [6, 6.07) is 11.1. The maximum absolute atomic E-state index is 12.5. The first kappa shape index (κ1) is 19.7. The number of likely N-dealkylation sites (N-methyl/N-ethyl adjacent to an activating group) is 1. The van der Waals surface area contributed by atoms with Gasteiger partial charge in [-0.3, -0.25) is 4.79 Å². The summed E-state index contributed by atoms with van der Waals surface area (Å²) in [4.78, 5) is 26.5. The molecule has 0 radical (unpaired) electrons. The highest BCUT2D eigenvalue weighted by molar-refractivity contribution is 5.93. The lowest BCUT2D eigenvalue weighted by atomic mass is 10.0. The van der Waals surface area contributed by atoms with Crippen molar-refractivity contribution in [3.63, 3.8) is 0 Å². The number of hydrogen-bond donors (Lipinski definition) is 0. The van der Waals surface area contributed by atoms with Crippen LogP contribution in [0.5, 0.6) is 11.5 Å². The number of aryl methyl sites for hydroxylation is 1. The lowest BCUT2D eigenvalue weighted by Crippen LogP contribution is -2.34. The molecule has 1 aliphatic rings. The van der Waals surface area contributed by atoms with Crippen LogP contribution in [-0.2, 0) is 16.1 Å². The Labute approximate surface area is 165 Å². The molecule has 0 fully saturated rings. The van der Waals surface area contributed by atoms with Crippen molar-refractivity contribution in [1.29, 1.82) is 0 Å². The van der Waals surface area contributed by atoms with Gasteiger partial charge in [-0.1, -0.05) is 18.2 Å². The van der Waals surface area contributed by atoms with E-state index in [1.165, 1.54) is 0 Å². The van der Waals surface area contributed by atoms with E-state index >= 15 is 0 Å².